The van der Waals surface area contributed by atoms with Crippen LogP contribution in [0.25, 0.3) is 11.1 Å². The lowest BCUT2D eigenvalue weighted by Crippen LogP contribution is -2.15. The molecule has 2 N–H and O–H groups in total. The summed E-state index contributed by atoms with van der Waals surface area (Å²) in [6, 6.07) is 6.80. The molecule has 0 spiro atoms. The highest BCUT2D eigenvalue weighted by atomic mass is 16.5. The number of ether oxygens (including phenoxy) is 1. The standard InChI is InChI=1S/C15H17NO3/c1-15(2,18)11-6-10(8-16-9-11)13-7-12(19-3)4-5-14(13)17/h4-9,17-18H,1-3H3. The minimum atomic E-state index is -0.975. The second-order valence-corrected chi connectivity index (χ2v) is 4.90. The highest BCUT2D eigenvalue weighted by Crippen LogP contribution is 2.33. The van der Waals surface area contributed by atoms with Gasteiger partial charge in [0.05, 0.1) is 12.7 Å². The van der Waals surface area contributed by atoms with Crippen molar-refractivity contribution in [3.05, 3.63) is 42.2 Å². The molecule has 0 amide bonds. The first-order chi connectivity index (χ1) is 8.91. The molecule has 0 unspecified atom stereocenters. The van der Waals surface area contributed by atoms with Crippen LogP contribution in [0.1, 0.15) is 19.4 Å². The fourth-order valence-electron chi connectivity index (χ4n) is 1.80. The summed E-state index contributed by atoms with van der Waals surface area (Å²) in [4.78, 5) is 4.11. The number of phenols is 1. The summed E-state index contributed by atoms with van der Waals surface area (Å²) >= 11 is 0. The van der Waals surface area contributed by atoms with Crippen molar-refractivity contribution in [1.29, 1.82) is 0 Å². The van der Waals surface area contributed by atoms with E-state index in [1.165, 1.54) is 0 Å². The normalized spacial score (nSPS) is 11.4. The lowest BCUT2D eigenvalue weighted by atomic mass is 9.96. The molecule has 0 saturated carbocycles. The van der Waals surface area contributed by atoms with E-state index in [1.807, 2.05) is 6.07 Å². The van der Waals surface area contributed by atoms with Crippen molar-refractivity contribution < 1.29 is 14.9 Å². The third kappa shape index (κ3) is 2.85. The van der Waals surface area contributed by atoms with Crippen molar-refractivity contribution in [2.75, 3.05) is 7.11 Å². The molecule has 0 aliphatic carbocycles. The zero-order valence-corrected chi connectivity index (χ0v) is 11.2. The van der Waals surface area contributed by atoms with Gasteiger partial charge in [0.25, 0.3) is 0 Å². The lowest BCUT2D eigenvalue weighted by molar-refractivity contribution is 0.0783. The van der Waals surface area contributed by atoms with E-state index in [9.17, 15) is 10.2 Å². The van der Waals surface area contributed by atoms with Crippen LogP contribution in [0.4, 0.5) is 0 Å². The van der Waals surface area contributed by atoms with Crippen molar-refractivity contribution in [2.24, 2.45) is 0 Å². The van der Waals surface area contributed by atoms with E-state index in [-0.39, 0.29) is 5.75 Å². The molecule has 0 aliphatic rings. The monoisotopic (exact) mass is 259 g/mol. The Morgan fingerprint density at radius 3 is 2.53 bits per heavy atom. The Morgan fingerprint density at radius 2 is 1.89 bits per heavy atom. The van der Waals surface area contributed by atoms with Crippen LogP contribution < -0.4 is 4.74 Å². The lowest BCUT2D eigenvalue weighted by Gasteiger charge is -2.18. The van der Waals surface area contributed by atoms with Gasteiger partial charge in [0.1, 0.15) is 11.5 Å². The molecule has 0 bridgehead atoms. The van der Waals surface area contributed by atoms with Gasteiger partial charge in [-0.25, -0.2) is 0 Å². The Labute approximate surface area is 112 Å². The van der Waals surface area contributed by atoms with Gasteiger partial charge in [-0.2, -0.15) is 0 Å². The first kappa shape index (κ1) is 13.4. The molecule has 1 heterocycles. The van der Waals surface area contributed by atoms with Gasteiger partial charge in [0, 0.05) is 29.1 Å². The van der Waals surface area contributed by atoms with Crippen molar-refractivity contribution in [3.8, 4) is 22.6 Å². The van der Waals surface area contributed by atoms with Gasteiger partial charge in [-0.15, -0.1) is 0 Å². The van der Waals surface area contributed by atoms with E-state index < -0.39 is 5.60 Å². The van der Waals surface area contributed by atoms with E-state index in [1.54, 1.807) is 51.6 Å². The number of hydrogen-bond acceptors (Lipinski definition) is 4. The maximum atomic E-state index is 10.0. The molecular formula is C15H17NO3. The van der Waals surface area contributed by atoms with Crippen LogP contribution in [0.2, 0.25) is 0 Å². The van der Waals surface area contributed by atoms with Crippen LogP contribution >= 0.6 is 0 Å². The molecule has 19 heavy (non-hydrogen) atoms. The van der Waals surface area contributed by atoms with Gasteiger partial charge in [0.15, 0.2) is 0 Å². The van der Waals surface area contributed by atoms with E-state index in [0.29, 0.717) is 16.9 Å². The number of benzene rings is 1. The highest BCUT2D eigenvalue weighted by Gasteiger charge is 2.17. The van der Waals surface area contributed by atoms with Crippen molar-refractivity contribution >= 4 is 0 Å². The number of methoxy groups -OCH3 is 1. The van der Waals surface area contributed by atoms with Gasteiger partial charge < -0.3 is 14.9 Å². The minimum absolute atomic E-state index is 0.149. The largest absolute Gasteiger partial charge is 0.507 e. The van der Waals surface area contributed by atoms with Gasteiger partial charge in [-0.1, -0.05) is 0 Å². The zero-order chi connectivity index (χ0) is 14.0. The predicted octanol–water partition coefficient (Wildman–Crippen LogP) is 2.69. The SMILES string of the molecule is COc1ccc(O)c(-c2cncc(C(C)(C)O)c2)c1. The molecule has 100 valence electrons. The number of hydrogen-bond donors (Lipinski definition) is 2. The van der Waals surface area contributed by atoms with E-state index >= 15 is 0 Å². The van der Waals surface area contributed by atoms with Crippen LogP contribution in [-0.4, -0.2) is 22.3 Å². The smallest absolute Gasteiger partial charge is 0.123 e. The summed E-state index contributed by atoms with van der Waals surface area (Å²) in [6.07, 6.45) is 3.25. The van der Waals surface area contributed by atoms with Crippen LogP contribution in [0.3, 0.4) is 0 Å². The maximum Gasteiger partial charge on any atom is 0.123 e. The Bertz CT molecular complexity index is 588. The number of aliphatic hydroxyl groups is 1. The second kappa shape index (κ2) is 4.90. The summed E-state index contributed by atoms with van der Waals surface area (Å²) in [7, 11) is 1.57. The van der Waals surface area contributed by atoms with Gasteiger partial charge in [-0.3, -0.25) is 4.98 Å². The number of aromatic nitrogens is 1. The third-order valence-corrected chi connectivity index (χ3v) is 2.96. The predicted molar refractivity (Wildman–Crippen MR) is 73.1 cm³/mol. The fraction of sp³-hybridized carbons (Fsp3) is 0.267. The van der Waals surface area contributed by atoms with Crippen molar-refractivity contribution in [1.82, 2.24) is 4.98 Å². The molecular weight excluding hydrogens is 242 g/mol. The Hall–Kier alpha value is -2.07. The molecule has 1 aromatic carbocycles. The molecule has 4 nitrogen and oxygen atoms in total. The van der Waals surface area contributed by atoms with Crippen LogP contribution in [0, 0.1) is 0 Å². The minimum Gasteiger partial charge on any atom is -0.507 e. The van der Waals surface area contributed by atoms with E-state index in [4.69, 9.17) is 4.74 Å². The van der Waals surface area contributed by atoms with Crippen LogP contribution in [0.5, 0.6) is 11.5 Å². The number of aromatic hydroxyl groups is 1. The molecule has 0 radical (unpaired) electrons. The molecule has 0 saturated heterocycles. The highest BCUT2D eigenvalue weighted by molar-refractivity contribution is 5.71. The van der Waals surface area contributed by atoms with E-state index in [2.05, 4.69) is 4.98 Å². The molecule has 0 aliphatic heterocycles. The summed E-state index contributed by atoms with van der Waals surface area (Å²) in [5.74, 6) is 0.803. The van der Waals surface area contributed by atoms with E-state index in [0.717, 1.165) is 5.56 Å². The van der Waals surface area contributed by atoms with Crippen LogP contribution in [0.15, 0.2) is 36.7 Å². The zero-order valence-electron chi connectivity index (χ0n) is 11.2. The first-order valence-corrected chi connectivity index (χ1v) is 5.97. The summed E-state index contributed by atoms with van der Waals surface area (Å²) in [6.45, 7) is 3.39. The van der Waals surface area contributed by atoms with Gasteiger partial charge in [0.2, 0.25) is 0 Å². The number of rotatable bonds is 3. The Balaban J connectivity index is 2.53. The topological polar surface area (TPSA) is 62.6 Å². The van der Waals surface area contributed by atoms with Gasteiger partial charge in [-0.05, 0) is 38.1 Å². The fourth-order valence-corrected chi connectivity index (χ4v) is 1.80. The van der Waals surface area contributed by atoms with Crippen molar-refractivity contribution in [2.45, 2.75) is 19.4 Å². The maximum absolute atomic E-state index is 10.0. The van der Waals surface area contributed by atoms with Crippen molar-refractivity contribution in [3.63, 3.8) is 0 Å². The second-order valence-electron chi connectivity index (χ2n) is 4.90. The van der Waals surface area contributed by atoms with Crippen LogP contribution in [-0.2, 0) is 5.60 Å². The molecule has 4 heteroatoms. The molecule has 0 fully saturated rings. The summed E-state index contributed by atoms with van der Waals surface area (Å²) < 4.78 is 5.15. The molecule has 2 rings (SSSR count). The average Bonchev–Trinajstić information content (AvgIpc) is 2.38. The quantitative estimate of drug-likeness (QED) is 0.889. The first-order valence-electron chi connectivity index (χ1n) is 5.97. The third-order valence-electron chi connectivity index (χ3n) is 2.96. The summed E-state index contributed by atoms with van der Waals surface area (Å²) in [5.41, 5.74) is 1.07. The average molecular weight is 259 g/mol. The Kier molecular flexibility index (Phi) is 3.44. The van der Waals surface area contributed by atoms with Gasteiger partial charge >= 0.3 is 0 Å². The molecule has 2 aromatic rings. The molecule has 1 aromatic heterocycles. The summed E-state index contributed by atoms with van der Waals surface area (Å²) in [5, 5.41) is 19.9. The Morgan fingerprint density at radius 1 is 1.16 bits per heavy atom. The number of pyridine rings is 1. The molecule has 0 atom stereocenters. The number of nitrogens with zero attached hydrogens (tertiary/aromatic N) is 1. The number of phenolic OH excluding ortho intramolecular Hbond substituents is 1.